The van der Waals surface area contributed by atoms with Gasteiger partial charge in [0.25, 0.3) is 0 Å². The van der Waals surface area contributed by atoms with Crippen molar-refractivity contribution in [1.29, 1.82) is 0 Å². The molecule has 2 rings (SSSR count). The summed E-state index contributed by atoms with van der Waals surface area (Å²) in [5.41, 5.74) is 5.51. The Morgan fingerprint density at radius 2 is 1.45 bits per heavy atom. The quantitative estimate of drug-likeness (QED) is 0.864. The minimum absolute atomic E-state index is 0.429. The third-order valence-electron chi connectivity index (χ3n) is 4.00. The van der Waals surface area contributed by atoms with Crippen LogP contribution in [-0.2, 0) is 10.3 Å². The number of aryl methyl sites for hydroxylation is 3. The molecule has 118 valence electrons. The molecule has 0 aliphatic rings. The summed E-state index contributed by atoms with van der Waals surface area (Å²) in [6.45, 7) is 9.48. The average Bonchev–Trinajstić information content (AvgIpc) is 2.40. The standard InChI is InChI=1S/C17H21NO3S/c1-11-7-6-8-16(9-11)18(22(19,20)21)17-14(4)12(2)10-13(3)15(17)5/h6-10H,1-5H3,(H,19,20,21). The summed E-state index contributed by atoms with van der Waals surface area (Å²) in [5, 5.41) is 0. The Balaban J connectivity index is 2.84. The summed E-state index contributed by atoms with van der Waals surface area (Å²) >= 11 is 0. The lowest BCUT2D eigenvalue weighted by Gasteiger charge is -2.27. The summed E-state index contributed by atoms with van der Waals surface area (Å²) in [6, 6.07) is 9.09. The predicted octanol–water partition coefficient (Wildman–Crippen LogP) is 4.17. The van der Waals surface area contributed by atoms with Gasteiger partial charge in [0, 0.05) is 0 Å². The van der Waals surface area contributed by atoms with E-state index < -0.39 is 10.3 Å². The maximum atomic E-state index is 12.1. The molecule has 5 heteroatoms. The van der Waals surface area contributed by atoms with Gasteiger partial charge >= 0.3 is 10.3 Å². The van der Waals surface area contributed by atoms with Crippen molar-refractivity contribution in [2.75, 3.05) is 4.31 Å². The largest absolute Gasteiger partial charge is 0.364 e. The van der Waals surface area contributed by atoms with Crippen LogP contribution < -0.4 is 4.31 Å². The summed E-state index contributed by atoms with van der Waals surface area (Å²) in [7, 11) is -4.43. The first-order valence-corrected chi connectivity index (χ1v) is 8.44. The van der Waals surface area contributed by atoms with Gasteiger partial charge in [-0.05, 0) is 74.6 Å². The zero-order valence-electron chi connectivity index (χ0n) is 13.5. The molecule has 22 heavy (non-hydrogen) atoms. The van der Waals surface area contributed by atoms with Gasteiger partial charge in [0.1, 0.15) is 0 Å². The fourth-order valence-electron chi connectivity index (χ4n) is 2.63. The van der Waals surface area contributed by atoms with Crippen molar-refractivity contribution in [3.8, 4) is 0 Å². The second kappa shape index (κ2) is 5.74. The Morgan fingerprint density at radius 3 is 1.91 bits per heavy atom. The van der Waals surface area contributed by atoms with Crippen LogP contribution in [0.15, 0.2) is 30.3 Å². The van der Waals surface area contributed by atoms with Gasteiger partial charge in [0.05, 0.1) is 11.4 Å². The van der Waals surface area contributed by atoms with Gasteiger partial charge in [-0.1, -0.05) is 18.2 Å². The number of hydrogen-bond donors (Lipinski definition) is 1. The van der Waals surface area contributed by atoms with Crippen LogP contribution in [0.5, 0.6) is 0 Å². The highest BCUT2D eigenvalue weighted by molar-refractivity contribution is 7.87. The Bertz CT molecular complexity index is 800. The molecule has 0 aliphatic carbocycles. The molecule has 0 aromatic heterocycles. The van der Waals surface area contributed by atoms with Gasteiger partial charge < -0.3 is 0 Å². The summed E-state index contributed by atoms with van der Waals surface area (Å²) in [6.07, 6.45) is 0. The number of rotatable bonds is 3. The molecule has 0 saturated heterocycles. The van der Waals surface area contributed by atoms with Gasteiger partial charge in [-0.2, -0.15) is 8.42 Å². The van der Waals surface area contributed by atoms with E-state index in [1.807, 2.05) is 46.8 Å². The van der Waals surface area contributed by atoms with Crippen LogP contribution in [0.1, 0.15) is 27.8 Å². The van der Waals surface area contributed by atoms with Crippen LogP contribution in [0.3, 0.4) is 0 Å². The number of anilines is 2. The van der Waals surface area contributed by atoms with Crippen LogP contribution in [0.25, 0.3) is 0 Å². The van der Waals surface area contributed by atoms with Crippen LogP contribution in [0, 0.1) is 34.6 Å². The van der Waals surface area contributed by atoms with Crippen LogP contribution in [0.4, 0.5) is 11.4 Å². The molecule has 4 nitrogen and oxygen atoms in total. The lowest BCUT2D eigenvalue weighted by Crippen LogP contribution is -2.27. The summed E-state index contributed by atoms with van der Waals surface area (Å²) in [4.78, 5) is 0. The van der Waals surface area contributed by atoms with Gasteiger partial charge in [-0.15, -0.1) is 0 Å². The first kappa shape index (κ1) is 16.5. The number of benzene rings is 2. The smallest absolute Gasteiger partial charge is 0.269 e. The van der Waals surface area contributed by atoms with E-state index in [2.05, 4.69) is 0 Å². The second-order valence-electron chi connectivity index (χ2n) is 5.69. The van der Waals surface area contributed by atoms with E-state index >= 15 is 0 Å². The molecule has 0 saturated carbocycles. The lowest BCUT2D eigenvalue weighted by atomic mass is 9.98. The van der Waals surface area contributed by atoms with Crippen LogP contribution in [-0.4, -0.2) is 13.0 Å². The van der Waals surface area contributed by atoms with E-state index in [-0.39, 0.29) is 0 Å². The SMILES string of the molecule is Cc1cccc(N(c2c(C)c(C)cc(C)c2C)S(=O)(=O)O)c1. The molecule has 2 aromatic rings. The molecule has 0 aliphatic heterocycles. The molecule has 0 amide bonds. The molecule has 2 aromatic carbocycles. The Kier molecular flexibility index (Phi) is 4.31. The normalized spacial score (nSPS) is 11.5. The minimum Gasteiger partial charge on any atom is -0.269 e. The molecule has 0 fully saturated rings. The monoisotopic (exact) mass is 319 g/mol. The zero-order chi connectivity index (χ0) is 16.7. The highest BCUT2D eigenvalue weighted by Gasteiger charge is 2.26. The highest BCUT2D eigenvalue weighted by atomic mass is 32.2. The lowest BCUT2D eigenvalue weighted by molar-refractivity contribution is 0.483. The van der Waals surface area contributed by atoms with E-state index in [0.29, 0.717) is 11.4 Å². The van der Waals surface area contributed by atoms with E-state index in [0.717, 1.165) is 32.1 Å². The topological polar surface area (TPSA) is 57.6 Å². The van der Waals surface area contributed by atoms with Crippen molar-refractivity contribution in [1.82, 2.24) is 0 Å². The fourth-order valence-corrected chi connectivity index (χ4v) is 3.52. The highest BCUT2D eigenvalue weighted by Crippen LogP contribution is 2.37. The van der Waals surface area contributed by atoms with Crippen molar-refractivity contribution < 1.29 is 13.0 Å². The molecule has 0 heterocycles. The van der Waals surface area contributed by atoms with Crippen molar-refractivity contribution in [2.24, 2.45) is 0 Å². The Hall–Kier alpha value is -1.85. The molecule has 0 radical (unpaired) electrons. The van der Waals surface area contributed by atoms with Crippen LogP contribution >= 0.6 is 0 Å². The molecule has 0 atom stereocenters. The van der Waals surface area contributed by atoms with E-state index in [9.17, 15) is 13.0 Å². The predicted molar refractivity (Wildman–Crippen MR) is 90.3 cm³/mol. The summed E-state index contributed by atoms with van der Waals surface area (Å²) < 4.78 is 34.9. The number of hydrogen-bond acceptors (Lipinski definition) is 2. The van der Waals surface area contributed by atoms with E-state index in [4.69, 9.17) is 0 Å². The maximum absolute atomic E-state index is 12.1. The van der Waals surface area contributed by atoms with E-state index in [1.165, 1.54) is 0 Å². The molecule has 0 spiro atoms. The van der Waals surface area contributed by atoms with Gasteiger partial charge in [-0.25, -0.2) is 4.31 Å². The van der Waals surface area contributed by atoms with Crippen LogP contribution in [0.2, 0.25) is 0 Å². The van der Waals surface area contributed by atoms with Crippen molar-refractivity contribution in [3.63, 3.8) is 0 Å². The second-order valence-corrected chi connectivity index (χ2v) is 6.95. The third kappa shape index (κ3) is 3.00. The first-order valence-electron chi connectivity index (χ1n) is 7.04. The minimum atomic E-state index is -4.43. The molecule has 0 bridgehead atoms. The van der Waals surface area contributed by atoms with E-state index in [1.54, 1.807) is 18.2 Å². The molecular formula is C17H21NO3S. The zero-order valence-corrected chi connectivity index (χ0v) is 14.3. The fraction of sp³-hybridized carbons (Fsp3) is 0.294. The Labute approximate surface area is 132 Å². The maximum Gasteiger partial charge on any atom is 0.364 e. The van der Waals surface area contributed by atoms with Gasteiger partial charge in [-0.3, -0.25) is 4.55 Å². The van der Waals surface area contributed by atoms with Gasteiger partial charge in [0.15, 0.2) is 0 Å². The Morgan fingerprint density at radius 1 is 0.909 bits per heavy atom. The molecule has 0 unspecified atom stereocenters. The van der Waals surface area contributed by atoms with Crippen molar-refractivity contribution >= 4 is 21.7 Å². The third-order valence-corrected chi connectivity index (χ3v) is 4.85. The van der Waals surface area contributed by atoms with Crippen molar-refractivity contribution in [3.05, 3.63) is 58.1 Å². The average molecular weight is 319 g/mol. The molecular weight excluding hydrogens is 298 g/mol. The number of nitrogens with zero attached hydrogens (tertiary/aromatic N) is 1. The first-order chi connectivity index (χ1) is 10.1. The molecule has 1 N–H and O–H groups in total. The van der Waals surface area contributed by atoms with Crippen molar-refractivity contribution in [2.45, 2.75) is 34.6 Å². The van der Waals surface area contributed by atoms with Gasteiger partial charge in [0.2, 0.25) is 0 Å². The summed E-state index contributed by atoms with van der Waals surface area (Å²) in [5.74, 6) is 0.